The van der Waals surface area contributed by atoms with E-state index in [0.717, 1.165) is 40.0 Å². The predicted octanol–water partition coefficient (Wildman–Crippen LogP) is 5.26. The van der Waals surface area contributed by atoms with E-state index in [4.69, 9.17) is 4.74 Å². The zero-order valence-corrected chi connectivity index (χ0v) is 19.4. The number of hydrogen-bond donors (Lipinski definition) is 1. The molecule has 0 radical (unpaired) electrons. The largest absolute Gasteiger partial charge is 0.483 e. The monoisotopic (exact) mass is 459 g/mol. The molecule has 5 nitrogen and oxygen atoms in total. The van der Waals surface area contributed by atoms with Crippen LogP contribution < -0.4 is 15.1 Å². The highest BCUT2D eigenvalue weighted by molar-refractivity contribution is 9.10. The summed E-state index contributed by atoms with van der Waals surface area (Å²) in [5.74, 6) is 0.727. The molecule has 0 atom stereocenters. The van der Waals surface area contributed by atoms with E-state index in [0.29, 0.717) is 5.92 Å². The molecule has 0 unspecified atom stereocenters. The second-order valence-corrected chi connectivity index (χ2v) is 7.99. The minimum atomic E-state index is -0.295. The minimum Gasteiger partial charge on any atom is -0.483 e. The van der Waals surface area contributed by atoms with Crippen LogP contribution in [0.3, 0.4) is 0 Å². The lowest BCUT2D eigenvalue weighted by molar-refractivity contribution is -0.123. The van der Waals surface area contributed by atoms with E-state index in [-0.39, 0.29) is 12.5 Å². The third-order valence-corrected chi connectivity index (χ3v) is 5.55. The molecule has 1 amide bonds. The first-order valence-corrected chi connectivity index (χ1v) is 10.7. The van der Waals surface area contributed by atoms with Gasteiger partial charge in [0.2, 0.25) is 0 Å². The molecule has 0 heterocycles. The van der Waals surface area contributed by atoms with Crippen LogP contribution in [0, 0.1) is 6.92 Å². The quantitative estimate of drug-likeness (QED) is 0.411. The molecule has 6 heteroatoms. The number of rotatable bonds is 9. The Kier molecular flexibility index (Phi) is 8.70. The molecule has 0 saturated carbocycles. The predicted molar refractivity (Wildman–Crippen MR) is 124 cm³/mol. The van der Waals surface area contributed by atoms with E-state index in [9.17, 15) is 4.79 Å². The van der Waals surface area contributed by atoms with E-state index in [1.807, 2.05) is 31.2 Å². The first kappa shape index (κ1) is 22.9. The van der Waals surface area contributed by atoms with E-state index in [1.165, 1.54) is 5.69 Å². The fourth-order valence-electron chi connectivity index (χ4n) is 2.96. The average molecular weight is 460 g/mol. The summed E-state index contributed by atoms with van der Waals surface area (Å²) in [6.07, 6.45) is 1.63. The minimum absolute atomic E-state index is 0.0843. The van der Waals surface area contributed by atoms with Crippen LogP contribution in [0.1, 0.15) is 50.3 Å². The molecular formula is C23H30BrN3O2. The fourth-order valence-corrected chi connectivity index (χ4v) is 3.32. The average Bonchev–Trinajstić information content (AvgIpc) is 2.70. The van der Waals surface area contributed by atoms with Crippen LogP contribution in [0.25, 0.3) is 0 Å². The lowest BCUT2D eigenvalue weighted by atomic mass is 10.0. The SMILES string of the molecule is CCN(CC)c1ccc(/C=N/NC(=O)COc2cc(C)c(Br)cc2C(C)C)cc1. The molecule has 0 aliphatic heterocycles. The van der Waals surface area contributed by atoms with E-state index >= 15 is 0 Å². The Labute approximate surface area is 182 Å². The van der Waals surface area contributed by atoms with Gasteiger partial charge in [0.25, 0.3) is 5.91 Å². The van der Waals surface area contributed by atoms with Crippen LogP contribution in [0.4, 0.5) is 5.69 Å². The number of benzene rings is 2. The summed E-state index contributed by atoms with van der Waals surface area (Å²) in [5.41, 5.74) is 6.75. The van der Waals surface area contributed by atoms with Gasteiger partial charge in [0.1, 0.15) is 5.75 Å². The normalized spacial score (nSPS) is 11.1. The standard InChI is InChI=1S/C23H30BrN3O2/c1-6-27(7-2)19-10-8-18(9-11-19)14-25-26-23(28)15-29-22-12-17(5)21(24)13-20(22)16(3)4/h8-14,16H,6-7,15H2,1-5H3,(H,26,28)/b25-14+. The van der Waals surface area contributed by atoms with Gasteiger partial charge in [0, 0.05) is 23.2 Å². The molecule has 0 fully saturated rings. The third-order valence-electron chi connectivity index (χ3n) is 4.70. The van der Waals surface area contributed by atoms with Crippen LogP contribution in [-0.4, -0.2) is 31.8 Å². The van der Waals surface area contributed by atoms with E-state index in [2.05, 4.69) is 71.2 Å². The Morgan fingerprint density at radius 2 is 1.86 bits per heavy atom. The Morgan fingerprint density at radius 1 is 1.21 bits per heavy atom. The number of carbonyl (C=O) groups is 1. The molecule has 156 valence electrons. The van der Waals surface area contributed by atoms with Gasteiger partial charge in [-0.2, -0.15) is 5.10 Å². The summed E-state index contributed by atoms with van der Waals surface area (Å²) in [7, 11) is 0. The van der Waals surface area contributed by atoms with E-state index < -0.39 is 0 Å². The van der Waals surface area contributed by atoms with Crippen LogP contribution in [-0.2, 0) is 4.79 Å². The molecule has 29 heavy (non-hydrogen) atoms. The second kappa shape index (κ2) is 11.0. The highest BCUT2D eigenvalue weighted by atomic mass is 79.9. The van der Waals surface area contributed by atoms with Crippen molar-refractivity contribution in [2.24, 2.45) is 5.10 Å². The van der Waals surface area contributed by atoms with Crippen LogP contribution in [0.5, 0.6) is 5.75 Å². The van der Waals surface area contributed by atoms with Gasteiger partial charge >= 0.3 is 0 Å². The van der Waals surface area contributed by atoms with Gasteiger partial charge in [-0.3, -0.25) is 4.79 Å². The zero-order valence-electron chi connectivity index (χ0n) is 17.8. The Balaban J connectivity index is 1.91. The molecule has 2 aromatic carbocycles. The summed E-state index contributed by atoms with van der Waals surface area (Å²) in [4.78, 5) is 14.4. The molecule has 0 aliphatic carbocycles. The van der Waals surface area contributed by atoms with Crippen molar-refractivity contribution in [3.63, 3.8) is 0 Å². The van der Waals surface area contributed by atoms with Gasteiger partial charge in [-0.05, 0) is 67.6 Å². The Morgan fingerprint density at radius 3 is 2.45 bits per heavy atom. The van der Waals surface area contributed by atoms with Crippen molar-refractivity contribution < 1.29 is 9.53 Å². The van der Waals surface area contributed by atoms with Gasteiger partial charge in [0.15, 0.2) is 6.61 Å². The van der Waals surface area contributed by atoms with Crippen molar-refractivity contribution in [2.75, 3.05) is 24.6 Å². The van der Waals surface area contributed by atoms with Crippen LogP contribution in [0.15, 0.2) is 46.0 Å². The van der Waals surface area contributed by atoms with Crippen molar-refractivity contribution >= 4 is 33.7 Å². The zero-order chi connectivity index (χ0) is 21.4. The van der Waals surface area contributed by atoms with Gasteiger partial charge in [-0.15, -0.1) is 0 Å². The first-order chi connectivity index (χ1) is 13.8. The fraction of sp³-hybridized carbons (Fsp3) is 0.391. The lowest BCUT2D eigenvalue weighted by Gasteiger charge is -2.20. The maximum absolute atomic E-state index is 12.1. The second-order valence-electron chi connectivity index (χ2n) is 7.14. The van der Waals surface area contributed by atoms with Crippen molar-refractivity contribution in [3.05, 3.63) is 57.6 Å². The number of anilines is 1. The molecule has 0 aliphatic rings. The third kappa shape index (κ3) is 6.60. The Hall–Kier alpha value is -2.34. The number of amides is 1. The molecule has 0 saturated heterocycles. The number of ether oxygens (including phenoxy) is 1. The molecular weight excluding hydrogens is 430 g/mol. The molecule has 0 bridgehead atoms. The maximum atomic E-state index is 12.1. The van der Waals surface area contributed by atoms with Crippen LogP contribution in [0.2, 0.25) is 0 Å². The molecule has 2 aromatic rings. The summed E-state index contributed by atoms with van der Waals surface area (Å²) >= 11 is 3.55. The number of halogens is 1. The van der Waals surface area contributed by atoms with Gasteiger partial charge in [0.05, 0.1) is 6.21 Å². The number of hydrazone groups is 1. The molecule has 1 N–H and O–H groups in total. The number of carbonyl (C=O) groups excluding carboxylic acids is 1. The highest BCUT2D eigenvalue weighted by Gasteiger charge is 2.12. The molecule has 0 aromatic heterocycles. The van der Waals surface area contributed by atoms with Gasteiger partial charge in [-0.25, -0.2) is 5.43 Å². The van der Waals surface area contributed by atoms with Gasteiger partial charge < -0.3 is 9.64 Å². The molecule has 2 rings (SSSR count). The topological polar surface area (TPSA) is 53.9 Å². The van der Waals surface area contributed by atoms with Crippen molar-refractivity contribution in [1.82, 2.24) is 5.43 Å². The molecule has 0 spiro atoms. The Bertz CT molecular complexity index is 844. The highest BCUT2D eigenvalue weighted by Crippen LogP contribution is 2.32. The van der Waals surface area contributed by atoms with Gasteiger partial charge in [-0.1, -0.05) is 41.9 Å². The number of aryl methyl sites for hydroxylation is 1. The number of hydrogen-bond acceptors (Lipinski definition) is 4. The summed E-state index contributed by atoms with van der Waals surface area (Å²) in [5, 5.41) is 4.03. The number of nitrogens with zero attached hydrogens (tertiary/aromatic N) is 2. The smallest absolute Gasteiger partial charge is 0.277 e. The van der Waals surface area contributed by atoms with Crippen LogP contribution >= 0.6 is 15.9 Å². The maximum Gasteiger partial charge on any atom is 0.277 e. The van der Waals surface area contributed by atoms with E-state index in [1.54, 1.807) is 6.21 Å². The first-order valence-electron chi connectivity index (χ1n) is 9.95. The lowest BCUT2D eigenvalue weighted by Crippen LogP contribution is -2.25. The summed E-state index contributed by atoms with van der Waals surface area (Å²) in [6, 6.07) is 12.1. The number of nitrogens with one attached hydrogen (secondary N) is 1. The summed E-state index contributed by atoms with van der Waals surface area (Å²) < 4.78 is 6.79. The van der Waals surface area contributed by atoms with Crippen molar-refractivity contribution in [1.29, 1.82) is 0 Å². The van der Waals surface area contributed by atoms with Crippen molar-refractivity contribution in [2.45, 2.75) is 40.5 Å². The summed E-state index contributed by atoms with van der Waals surface area (Å²) in [6.45, 7) is 12.3. The van der Waals surface area contributed by atoms with Crippen molar-refractivity contribution in [3.8, 4) is 5.75 Å².